The Balaban J connectivity index is 1.64. The molecule has 4 aromatic heterocycles. The number of H-pyrrole nitrogens is 2. The molecular formula is C21H18FN7. The third-order valence-corrected chi connectivity index (χ3v) is 4.81. The molecule has 5 aromatic rings. The number of nitrogens with one attached hydrogen (secondary N) is 3. The number of fused-ring (bicyclic) bond motifs is 2. The Hall–Kier alpha value is -3.65. The molecule has 0 radical (unpaired) electrons. The highest BCUT2D eigenvalue weighted by atomic mass is 19.1. The number of hydrogen-bond acceptors (Lipinski definition) is 5. The van der Waals surface area contributed by atoms with E-state index >= 15 is 4.39 Å². The lowest BCUT2D eigenvalue weighted by Crippen LogP contribution is -2.11. The first-order chi connectivity index (χ1) is 14.2. The van der Waals surface area contributed by atoms with E-state index < -0.39 is 5.82 Å². The second kappa shape index (κ2) is 7.06. The second-order valence-electron chi connectivity index (χ2n) is 6.75. The molecule has 0 saturated heterocycles. The quantitative estimate of drug-likeness (QED) is 0.426. The maximum atomic E-state index is 15.6. The summed E-state index contributed by atoms with van der Waals surface area (Å²) in [6, 6.07) is 9.54. The number of pyridine rings is 2. The van der Waals surface area contributed by atoms with Crippen LogP contribution in [-0.2, 0) is 6.54 Å². The number of para-hydroxylation sites is 2. The average molecular weight is 387 g/mol. The van der Waals surface area contributed by atoms with Crippen LogP contribution in [0.2, 0.25) is 0 Å². The van der Waals surface area contributed by atoms with Crippen molar-refractivity contribution in [3.63, 3.8) is 0 Å². The summed E-state index contributed by atoms with van der Waals surface area (Å²) in [5.41, 5.74) is 4.43. The lowest BCUT2D eigenvalue weighted by atomic mass is 10.1. The van der Waals surface area contributed by atoms with Gasteiger partial charge in [0.25, 0.3) is 0 Å². The molecule has 0 fully saturated rings. The summed E-state index contributed by atoms with van der Waals surface area (Å²) in [4.78, 5) is 16.3. The van der Waals surface area contributed by atoms with Crippen molar-refractivity contribution in [1.29, 1.82) is 0 Å². The zero-order chi connectivity index (χ0) is 19.8. The van der Waals surface area contributed by atoms with E-state index in [1.54, 1.807) is 18.6 Å². The Bertz CT molecular complexity index is 1290. The van der Waals surface area contributed by atoms with Gasteiger partial charge in [-0.25, -0.2) is 9.37 Å². The van der Waals surface area contributed by atoms with Crippen molar-refractivity contribution < 1.29 is 4.39 Å². The molecule has 29 heavy (non-hydrogen) atoms. The van der Waals surface area contributed by atoms with Gasteiger partial charge in [0.1, 0.15) is 11.4 Å². The number of imidazole rings is 1. The van der Waals surface area contributed by atoms with Crippen LogP contribution >= 0.6 is 0 Å². The van der Waals surface area contributed by atoms with Crippen LogP contribution in [0.4, 0.5) is 4.39 Å². The van der Waals surface area contributed by atoms with Gasteiger partial charge in [0, 0.05) is 24.5 Å². The highest BCUT2D eigenvalue weighted by molar-refractivity contribution is 5.95. The molecule has 1 aromatic carbocycles. The molecule has 0 unspecified atom stereocenters. The molecule has 8 heteroatoms. The van der Waals surface area contributed by atoms with Crippen LogP contribution in [0.1, 0.15) is 12.5 Å². The number of aromatic amines is 2. The number of rotatable bonds is 5. The first kappa shape index (κ1) is 17.4. The first-order valence-electron chi connectivity index (χ1n) is 9.37. The van der Waals surface area contributed by atoms with E-state index in [-0.39, 0.29) is 5.69 Å². The fraction of sp³-hybridized carbons (Fsp3) is 0.143. The molecular weight excluding hydrogens is 369 g/mol. The average Bonchev–Trinajstić information content (AvgIpc) is 3.37. The van der Waals surface area contributed by atoms with Gasteiger partial charge in [0.05, 0.1) is 28.1 Å². The molecule has 0 amide bonds. The molecule has 0 saturated carbocycles. The van der Waals surface area contributed by atoms with Gasteiger partial charge in [0.2, 0.25) is 0 Å². The Morgan fingerprint density at radius 1 is 1.07 bits per heavy atom. The molecule has 0 atom stereocenters. The lowest BCUT2D eigenvalue weighted by Gasteiger charge is -2.07. The van der Waals surface area contributed by atoms with E-state index in [4.69, 9.17) is 0 Å². The zero-order valence-electron chi connectivity index (χ0n) is 15.7. The van der Waals surface area contributed by atoms with Crippen molar-refractivity contribution in [2.75, 3.05) is 6.54 Å². The third-order valence-electron chi connectivity index (χ3n) is 4.81. The predicted molar refractivity (Wildman–Crippen MR) is 110 cm³/mol. The third kappa shape index (κ3) is 3.03. The van der Waals surface area contributed by atoms with Gasteiger partial charge < -0.3 is 10.3 Å². The maximum Gasteiger partial charge on any atom is 0.161 e. The standard InChI is InChI=1S/C21H18FN7/c1-2-23-8-12-7-13(10-24-9-12)19-18(22)17-16(11-25-19)28-29-20(17)21-26-14-5-3-4-6-15(14)27-21/h3-7,9-11,23H,2,8H2,1H3,(H,26,27)(H,28,29). The van der Waals surface area contributed by atoms with Crippen LogP contribution in [0.15, 0.2) is 48.9 Å². The van der Waals surface area contributed by atoms with Crippen LogP contribution in [0.3, 0.4) is 0 Å². The minimum atomic E-state index is -0.450. The summed E-state index contributed by atoms with van der Waals surface area (Å²) in [6.45, 7) is 3.54. The van der Waals surface area contributed by atoms with Crippen molar-refractivity contribution in [2.24, 2.45) is 0 Å². The number of nitrogens with zero attached hydrogens (tertiary/aromatic N) is 4. The fourth-order valence-corrected chi connectivity index (χ4v) is 3.40. The summed E-state index contributed by atoms with van der Waals surface area (Å²) in [5, 5.41) is 10.7. The van der Waals surface area contributed by atoms with Crippen LogP contribution in [-0.4, -0.2) is 36.7 Å². The predicted octanol–water partition coefficient (Wildman–Crippen LogP) is 3.81. The molecule has 3 N–H and O–H groups in total. The number of benzene rings is 1. The zero-order valence-corrected chi connectivity index (χ0v) is 15.7. The summed E-state index contributed by atoms with van der Waals surface area (Å²) in [7, 11) is 0. The molecule has 0 aliphatic carbocycles. The van der Waals surface area contributed by atoms with Crippen LogP contribution in [0.25, 0.3) is 44.7 Å². The smallest absolute Gasteiger partial charge is 0.161 e. The van der Waals surface area contributed by atoms with Crippen molar-refractivity contribution in [1.82, 2.24) is 35.5 Å². The van der Waals surface area contributed by atoms with Gasteiger partial charge >= 0.3 is 0 Å². The Morgan fingerprint density at radius 2 is 1.97 bits per heavy atom. The second-order valence-corrected chi connectivity index (χ2v) is 6.75. The van der Waals surface area contributed by atoms with E-state index in [1.165, 1.54) is 0 Å². The molecule has 0 aliphatic rings. The SMILES string of the molecule is CCNCc1cncc(-c2ncc3[nH]nc(-c4nc5ccccc5[nH]4)c3c2F)c1. The van der Waals surface area contributed by atoms with Crippen LogP contribution in [0, 0.1) is 5.82 Å². The van der Waals surface area contributed by atoms with Gasteiger partial charge in [-0.15, -0.1) is 0 Å². The summed E-state index contributed by atoms with van der Waals surface area (Å²) < 4.78 is 15.6. The van der Waals surface area contributed by atoms with Crippen LogP contribution < -0.4 is 5.32 Å². The van der Waals surface area contributed by atoms with E-state index in [0.717, 1.165) is 23.1 Å². The molecule has 5 rings (SSSR count). The maximum absolute atomic E-state index is 15.6. The number of halogens is 1. The molecule has 4 heterocycles. The van der Waals surface area contributed by atoms with Gasteiger partial charge in [-0.2, -0.15) is 5.10 Å². The minimum absolute atomic E-state index is 0.238. The molecule has 0 aliphatic heterocycles. The fourth-order valence-electron chi connectivity index (χ4n) is 3.40. The van der Waals surface area contributed by atoms with Crippen molar-refractivity contribution in [3.05, 3.63) is 60.3 Å². The molecule has 0 bridgehead atoms. The highest BCUT2D eigenvalue weighted by Crippen LogP contribution is 2.32. The van der Waals surface area contributed by atoms with Crippen molar-refractivity contribution in [3.8, 4) is 22.8 Å². The molecule has 0 spiro atoms. The summed E-state index contributed by atoms with van der Waals surface area (Å²) in [5.74, 6) is 0.0571. The van der Waals surface area contributed by atoms with Crippen LogP contribution in [0.5, 0.6) is 0 Å². The van der Waals surface area contributed by atoms with Gasteiger partial charge in [0.15, 0.2) is 11.6 Å². The number of hydrogen-bond donors (Lipinski definition) is 3. The van der Waals surface area contributed by atoms with Gasteiger partial charge in [-0.05, 0) is 30.3 Å². The van der Waals surface area contributed by atoms with E-state index in [1.807, 2.05) is 37.3 Å². The Kier molecular flexibility index (Phi) is 4.25. The van der Waals surface area contributed by atoms with Gasteiger partial charge in [-0.1, -0.05) is 19.1 Å². The Morgan fingerprint density at radius 3 is 2.83 bits per heavy atom. The topological polar surface area (TPSA) is 95.2 Å². The highest BCUT2D eigenvalue weighted by Gasteiger charge is 2.20. The van der Waals surface area contributed by atoms with Crippen molar-refractivity contribution >= 4 is 21.9 Å². The lowest BCUT2D eigenvalue weighted by molar-refractivity contribution is 0.638. The minimum Gasteiger partial charge on any atom is -0.337 e. The largest absolute Gasteiger partial charge is 0.337 e. The van der Waals surface area contributed by atoms with E-state index in [0.29, 0.717) is 34.5 Å². The monoisotopic (exact) mass is 387 g/mol. The molecule has 7 nitrogen and oxygen atoms in total. The normalized spacial score (nSPS) is 11.5. The number of aromatic nitrogens is 6. The first-order valence-corrected chi connectivity index (χ1v) is 9.37. The van der Waals surface area contributed by atoms with Crippen molar-refractivity contribution in [2.45, 2.75) is 13.5 Å². The van der Waals surface area contributed by atoms with E-state index in [9.17, 15) is 0 Å². The Labute approximate surface area is 165 Å². The summed E-state index contributed by atoms with van der Waals surface area (Å²) >= 11 is 0. The van der Waals surface area contributed by atoms with Gasteiger partial charge in [-0.3, -0.25) is 15.1 Å². The molecule has 144 valence electrons. The van der Waals surface area contributed by atoms with E-state index in [2.05, 4.69) is 35.5 Å². The summed E-state index contributed by atoms with van der Waals surface area (Å²) in [6.07, 6.45) is 4.97.